The van der Waals surface area contributed by atoms with Crippen LogP contribution in [0.2, 0.25) is 0 Å². The smallest absolute Gasteiger partial charge is 0.243 e. The first-order chi connectivity index (χ1) is 13.8. The number of aryl methyl sites for hydroxylation is 1. The van der Waals surface area contributed by atoms with Gasteiger partial charge in [0, 0.05) is 13.0 Å². The monoisotopic (exact) mass is 416 g/mol. The third kappa shape index (κ3) is 4.66. The van der Waals surface area contributed by atoms with Crippen molar-refractivity contribution in [3.8, 4) is 10.4 Å². The summed E-state index contributed by atoms with van der Waals surface area (Å²) < 4.78 is 0. The van der Waals surface area contributed by atoms with Gasteiger partial charge in [-0.2, -0.15) is 0 Å². The lowest BCUT2D eigenvalue weighted by molar-refractivity contribution is -0.139. The lowest BCUT2D eigenvalue weighted by atomic mass is 10.0. The highest BCUT2D eigenvalue weighted by Gasteiger charge is 2.40. The third-order valence-corrected chi connectivity index (χ3v) is 6.38. The second kappa shape index (κ2) is 9.02. The molecule has 1 fully saturated rings. The number of likely N-dealkylation sites (tertiary alicyclic amines) is 1. The van der Waals surface area contributed by atoms with Gasteiger partial charge in [0.2, 0.25) is 11.8 Å². The fourth-order valence-electron chi connectivity index (χ4n) is 3.59. The van der Waals surface area contributed by atoms with Crippen LogP contribution in [-0.2, 0) is 9.59 Å². The van der Waals surface area contributed by atoms with Crippen LogP contribution in [0.4, 0.5) is 0 Å². The number of β-amino-alcohol motifs (C(OH)–C–C–N with tert-alkyl or cyclic N) is 1. The van der Waals surface area contributed by atoms with E-state index in [0.29, 0.717) is 6.42 Å². The summed E-state index contributed by atoms with van der Waals surface area (Å²) >= 11 is 1.60. The van der Waals surface area contributed by atoms with E-state index in [0.717, 1.165) is 21.7 Å². The van der Waals surface area contributed by atoms with Gasteiger partial charge in [-0.05, 0) is 31.4 Å². The molecule has 2 heterocycles. The van der Waals surface area contributed by atoms with E-state index in [1.807, 2.05) is 50.5 Å². The summed E-state index contributed by atoms with van der Waals surface area (Å²) in [5.41, 5.74) is 10.7. The fraction of sp³-hybridized carbons (Fsp3) is 0.476. The largest absolute Gasteiger partial charge is 0.391 e. The topological polar surface area (TPSA) is 109 Å². The molecule has 4 unspecified atom stereocenters. The maximum atomic E-state index is 12.8. The molecule has 156 valence electrons. The predicted octanol–water partition coefficient (Wildman–Crippen LogP) is 1.99. The molecule has 3 rings (SSSR count). The summed E-state index contributed by atoms with van der Waals surface area (Å²) in [4.78, 5) is 32.1. The Morgan fingerprint density at radius 3 is 2.66 bits per heavy atom. The second-order valence-electron chi connectivity index (χ2n) is 7.53. The lowest BCUT2D eigenvalue weighted by Crippen LogP contribution is -2.51. The number of benzene rings is 1. The maximum absolute atomic E-state index is 12.8. The van der Waals surface area contributed by atoms with Crippen LogP contribution in [0.1, 0.15) is 44.0 Å². The molecule has 0 bridgehead atoms. The second-order valence-corrected chi connectivity index (χ2v) is 8.38. The number of nitrogens with two attached hydrogens (primary N) is 1. The van der Waals surface area contributed by atoms with Crippen molar-refractivity contribution in [3.63, 3.8) is 0 Å². The number of aliphatic hydroxyl groups is 1. The van der Waals surface area contributed by atoms with Crippen molar-refractivity contribution in [2.45, 2.75) is 57.8 Å². The van der Waals surface area contributed by atoms with Crippen molar-refractivity contribution in [2.24, 2.45) is 5.73 Å². The number of hydrogen-bond donors (Lipinski definition) is 3. The van der Waals surface area contributed by atoms with Crippen molar-refractivity contribution in [2.75, 3.05) is 6.54 Å². The van der Waals surface area contributed by atoms with Crippen LogP contribution in [0, 0.1) is 6.92 Å². The number of nitrogens with zero attached hydrogens (tertiary/aromatic N) is 2. The number of carbonyl (C=O) groups is 2. The van der Waals surface area contributed by atoms with E-state index in [-0.39, 0.29) is 30.8 Å². The Morgan fingerprint density at radius 2 is 2.07 bits per heavy atom. The minimum Gasteiger partial charge on any atom is -0.391 e. The highest BCUT2D eigenvalue weighted by atomic mass is 32.1. The number of aromatic nitrogens is 1. The van der Waals surface area contributed by atoms with Crippen LogP contribution in [0.15, 0.2) is 29.8 Å². The van der Waals surface area contributed by atoms with E-state index >= 15 is 0 Å². The van der Waals surface area contributed by atoms with Crippen LogP contribution in [-0.4, -0.2) is 51.5 Å². The summed E-state index contributed by atoms with van der Waals surface area (Å²) in [5.74, 6) is -0.561. The van der Waals surface area contributed by atoms with E-state index < -0.39 is 18.2 Å². The van der Waals surface area contributed by atoms with Gasteiger partial charge >= 0.3 is 0 Å². The Labute approximate surface area is 174 Å². The van der Waals surface area contributed by atoms with Crippen LogP contribution in [0.5, 0.6) is 0 Å². The Bertz CT molecular complexity index is 867. The van der Waals surface area contributed by atoms with Gasteiger partial charge in [0.15, 0.2) is 0 Å². The van der Waals surface area contributed by atoms with Crippen LogP contribution in [0.3, 0.4) is 0 Å². The fourth-order valence-corrected chi connectivity index (χ4v) is 4.40. The van der Waals surface area contributed by atoms with Crippen molar-refractivity contribution >= 4 is 23.2 Å². The van der Waals surface area contributed by atoms with Gasteiger partial charge in [0.1, 0.15) is 6.04 Å². The molecule has 8 heteroatoms. The molecule has 1 aliphatic heterocycles. The average Bonchev–Trinajstić information content (AvgIpc) is 3.32. The Hall–Kier alpha value is -2.29. The molecule has 1 aliphatic rings. The van der Waals surface area contributed by atoms with Gasteiger partial charge in [0.05, 0.1) is 34.3 Å². The summed E-state index contributed by atoms with van der Waals surface area (Å²) in [6, 6.07) is 6.43. The SMILES string of the molecule is CCC(N)C(=O)N1CC(O)CC1C(=O)NC(C)c1ccc(-c2scnc2C)cc1. The first-order valence-corrected chi connectivity index (χ1v) is 10.7. The maximum Gasteiger partial charge on any atom is 0.243 e. The van der Waals surface area contributed by atoms with Gasteiger partial charge < -0.3 is 21.1 Å². The molecular formula is C21H28N4O3S. The first-order valence-electron chi connectivity index (χ1n) is 9.86. The predicted molar refractivity (Wildman–Crippen MR) is 113 cm³/mol. The summed E-state index contributed by atoms with van der Waals surface area (Å²) in [6.45, 7) is 5.85. The molecule has 1 saturated heterocycles. The Kier molecular flexibility index (Phi) is 6.66. The number of nitrogens with one attached hydrogen (secondary N) is 1. The summed E-state index contributed by atoms with van der Waals surface area (Å²) in [6.07, 6.45) is 0.00231. The van der Waals surface area contributed by atoms with E-state index in [4.69, 9.17) is 5.73 Å². The van der Waals surface area contributed by atoms with Crippen molar-refractivity contribution in [1.82, 2.24) is 15.2 Å². The third-order valence-electron chi connectivity index (χ3n) is 5.40. The van der Waals surface area contributed by atoms with E-state index in [1.54, 1.807) is 11.3 Å². The molecule has 0 aliphatic carbocycles. The van der Waals surface area contributed by atoms with Gasteiger partial charge in [-0.15, -0.1) is 11.3 Å². The van der Waals surface area contributed by atoms with E-state index in [9.17, 15) is 14.7 Å². The van der Waals surface area contributed by atoms with Gasteiger partial charge in [-0.25, -0.2) is 4.98 Å². The molecule has 2 aromatic rings. The van der Waals surface area contributed by atoms with Crippen LogP contribution in [0.25, 0.3) is 10.4 Å². The molecule has 1 aromatic heterocycles. The Morgan fingerprint density at radius 1 is 1.38 bits per heavy atom. The molecule has 4 N–H and O–H groups in total. The number of aliphatic hydroxyl groups excluding tert-OH is 1. The normalized spacial score (nSPS) is 21.1. The zero-order valence-electron chi connectivity index (χ0n) is 17.0. The minimum atomic E-state index is -0.712. The number of rotatable bonds is 6. The average molecular weight is 417 g/mol. The highest BCUT2D eigenvalue weighted by molar-refractivity contribution is 7.13. The zero-order valence-corrected chi connectivity index (χ0v) is 17.8. The van der Waals surface area contributed by atoms with Crippen molar-refractivity contribution in [1.29, 1.82) is 0 Å². The van der Waals surface area contributed by atoms with E-state index in [2.05, 4.69) is 10.3 Å². The molecule has 0 radical (unpaired) electrons. The summed E-state index contributed by atoms with van der Waals surface area (Å²) in [7, 11) is 0. The van der Waals surface area contributed by atoms with Gasteiger partial charge in [-0.1, -0.05) is 31.2 Å². The molecule has 0 spiro atoms. The quantitative estimate of drug-likeness (QED) is 0.667. The lowest BCUT2D eigenvalue weighted by Gasteiger charge is -2.27. The molecule has 4 atom stereocenters. The number of amides is 2. The number of carbonyl (C=O) groups excluding carboxylic acids is 2. The molecule has 29 heavy (non-hydrogen) atoms. The van der Waals surface area contributed by atoms with Crippen molar-refractivity contribution in [3.05, 3.63) is 41.0 Å². The van der Waals surface area contributed by atoms with E-state index in [1.165, 1.54) is 4.90 Å². The molecular weight excluding hydrogens is 388 g/mol. The number of thiazole rings is 1. The molecule has 1 aromatic carbocycles. The van der Waals surface area contributed by atoms with Crippen LogP contribution >= 0.6 is 11.3 Å². The molecule has 0 saturated carbocycles. The molecule has 7 nitrogen and oxygen atoms in total. The minimum absolute atomic E-state index is 0.141. The number of hydrogen-bond acceptors (Lipinski definition) is 6. The first kappa shape index (κ1) is 21.4. The van der Waals surface area contributed by atoms with Crippen molar-refractivity contribution < 1.29 is 14.7 Å². The summed E-state index contributed by atoms with van der Waals surface area (Å²) in [5, 5.41) is 13.0. The standard InChI is InChI=1S/C21H28N4O3S/c1-4-17(22)21(28)25-10-16(26)9-18(25)20(27)24-12(2)14-5-7-15(8-6-14)19-13(3)23-11-29-19/h5-8,11-12,16-18,26H,4,9-10,22H2,1-3H3,(H,24,27). The highest BCUT2D eigenvalue weighted by Crippen LogP contribution is 2.28. The molecule has 2 amide bonds. The van der Waals surface area contributed by atoms with Crippen LogP contribution < -0.4 is 11.1 Å². The van der Waals surface area contributed by atoms with Gasteiger partial charge in [0.25, 0.3) is 0 Å². The van der Waals surface area contributed by atoms with Gasteiger partial charge in [-0.3, -0.25) is 9.59 Å². The zero-order chi connectivity index (χ0) is 21.1. The Balaban J connectivity index is 1.68.